The summed E-state index contributed by atoms with van der Waals surface area (Å²) >= 11 is 6.29. The Morgan fingerprint density at radius 1 is 0.903 bits per heavy atom. The molecule has 3 aromatic rings. The third kappa shape index (κ3) is 6.32. The van der Waals surface area contributed by atoms with E-state index in [-0.39, 0.29) is 19.1 Å². The van der Waals surface area contributed by atoms with Crippen molar-refractivity contribution < 1.29 is 19.1 Å². The van der Waals surface area contributed by atoms with E-state index in [0.717, 1.165) is 11.1 Å². The number of carbonyl (C=O) groups is 3. The van der Waals surface area contributed by atoms with E-state index in [2.05, 4.69) is 10.6 Å². The molecule has 0 heterocycles. The predicted molar refractivity (Wildman–Crippen MR) is 119 cm³/mol. The molecule has 158 valence electrons. The fourth-order valence-corrected chi connectivity index (χ4v) is 2.98. The maximum Gasteiger partial charge on any atom is 0.262 e. The molecule has 0 unspecified atom stereocenters. The molecule has 0 atom stereocenters. The number of benzene rings is 3. The summed E-state index contributed by atoms with van der Waals surface area (Å²) in [6.07, 6.45) is 0. The van der Waals surface area contributed by atoms with E-state index < -0.39 is 11.8 Å². The fraction of sp³-hybridized carbons (Fsp3) is 0.0870. The maximum atomic E-state index is 12.2. The van der Waals surface area contributed by atoms with Gasteiger partial charge in [-0.3, -0.25) is 14.4 Å². The lowest BCUT2D eigenvalue weighted by atomic mass is 10.1. The van der Waals surface area contributed by atoms with Crippen LogP contribution in [0.3, 0.4) is 0 Å². The average Bonchev–Trinajstić information content (AvgIpc) is 2.77. The van der Waals surface area contributed by atoms with E-state index in [1.54, 1.807) is 24.3 Å². The van der Waals surface area contributed by atoms with E-state index in [1.807, 2.05) is 36.4 Å². The molecule has 8 heteroatoms. The van der Waals surface area contributed by atoms with Gasteiger partial charge in [0.1, 0.15) is 5.75 Å². The number of rotatable bonds is 8. The Morgan fingerprint density at radius 2 is 1.61 bits per heavy atom. The monoisotopic (exact) mass is 437 g/mol. The topological polar surface area (TPSA) is 111 Å². The van der Waals surface area contributed by atoms with Gasteiger partial charge < -0.3 is 21.1 Å². The summed E-state index contributed by atoms with van der Waals surface area (Å²) in [6.45, 7) is -0.477. The number of carbonyl (C=O) groups excluding carboxylic acids is 3. The Balaban J connectivity index is 1.53. The molecule has 31 heavy (non-hydrogen) atoms. The standard InChI is InChI=1S/C23H20ClN3O4/c24-19-12-17(15-4-2-1-3-5-15)8-11-20(19)31-14-22(29)27-18-9-6-16(7-10-18)23(30)26-13-21(25)28/h1-12H,13-14H2,(H2,25,28)(H,26,30)(H,27,29). The first-order valence-corrected chi connectivity index (χ1v) is 9.74. The lowest BCUT2D eigenvalue weighted by Gasteiger charge is -2.11. The van der Waals surface area contributed by atoms with Crippen molar-refractivity contribution in [2.24, 2.45) is 5.73 Å². The fourth-order valence-electron chi connectivity index (χ4n) is 2.74. The van der Waals surface area contributed by atoms with Crippen molar-refractivity contribution in [3.63, 3.8) is 0 Å². The molecular formula is C23H20ClN3O4. The Labute approximate surface area is 184 Å². The van der Waals surface area contributed by atoms with Gasteiger partial charge in [0, 0.05) is 11.3 Å². The predicted octanol–water partition coefficient (Wildman–Crippen LogP) is 3.24. The molecule has 3 rings (SSSR count). The lowest BCUT2D eigenvalue weighted by molar-refractivity contribution is -0.118. The van der Waals surface area contributed by atoms with Crippen molar-refractivity contribution in [2.45, 2.75) is 0 Å². The maximum absolute atomic E-state index is 12.2. The first-order chi connectivity index (χ1) is 14.9. The molecular weight excluding hydrogens is 418 g/mol. The van der Waals surface area contributed by atoms with Crippen LogP contribution in [0, 0.1) is 0 Å². The molecule has 0 aromatic heterocycles. The lowest BCUT2D eigenvalue weighted by Crippen LogP contribution is -2.33. The molecule has 0 spiro atoms. The SMILES string of the molecule is NC(=O)CNC(=O)c1ccc(NC(=O)COc2ccc(-c3ccccc3)cc2Cl)cc1. The van der Waals surface area contributed by atoms with Crippen LogP contribution in [0.15, 0.2) is 72.8 Å². The summed E-state index contributed by atoms with van der Waals surface area (Å²) in [5.74, 6) is -1.05. The minimum Gasteiger partial charge on any atom is -0.482 e. The summed E-state index contributed by atoms with van der Waals surface area (Å²) in [4.78, 5) is 34.7. The van der Waals surface area contributed by atoms with E-state index >= 15 is 0 Å². The Hall–Kier alpha value is -3.84. The molecule has 3 aromatic carbocycles. The summed E-state index contributed by atoms with van der Waals surface area (Å²) < 4.78 is 5.53. The zero-order valence-corrected chi connectivity index (χ0v) is 17.2. The van der Waals surface area contributed by atoms with E-state index in [4.69, 9.17) is 22.1 Å². The van der Waals surface area contributed by atoms with Gasteiger partial charge in [0.25, 0.3) is 11.8 Å². The molecule has 0 saturated carbocycles. The van der Waals surface area contributed by atoms with Crippen molar-refractivity contribution >= 4 is 35.0 Å². The Kier molecular flexibility index (Phi) is 7.24. The number of nitrogens with two attached hydrogens (primary N) is 1. The van der Waals surface area contributed by atoms with Crippen molar-refractivity contribution in [3.8, 4) is 16.9 Å². The molecule has 0 aliphatic rings. The van der Waals surface area contributed by atoms with Crippen LogP contribution in [-0.2, 0) is 9.59 Å². The number of hydrogen-bond donors (Lipinski definition) is 3. The highest BCUT2D eigenvalue weighted by Crippen LogP contribution is 2.30. The third-order valence-electron chi connectivity index (χ3n) is 4.25. The number of nitrogens with one attached hydrogen (secondary N) is 2. The molecule has 0 saturated heterocycles. The summed E-state index contributed by atoms with van der Waals surface area (Å²) in [5.41, 5.74) is 7.79. The number of primary amides is 1. The van der Waals surface area contributed by atoms with Gasteiger partial charge in [-0.1, -0.05) is 48.0 Å². The third-order valence-corrected chi connectivity index (χ3v) is 4.55. The van der Waals surface area contributed by atoms with Crippen LogP contribution >= 0.6 is 11.6 Å². The minimum absolute atomic E-state index is 0.231. The van der Waals surface area contributed by atoms with Crippen LogP contribution in [0.5, 0.6) is 5.75 Å². The number of amides is 3. The highest BCUT2D eigenvalue weighted by Gasteiger charge is 2.10. The zero-order chi connectivity index (χ0) is 22.2. The van der Waals surface area contributed by atoms with Crippen molar-refractivity contribution in [3.05, 3.63) is 83.4 Å². The number of anilines is 1. The summed E-state index contributed by atoms with van der Waals surface area (Å²) in [7, 11) is 0. The van der Waals surface area contributed by atoms with Gasteiger partial charge in [0.05, 0.1) is 11.6 Å². The highest BCUT2D eigenvalue weighted by atomic mass is 35.5. The van der Waals surface area contributed by atoms with Crippen molar-refractivity contribution in [1.29, 1.82) is 0 Å². The number of ether oxygens (including phenoxy) is 1. The average molecular weight is 438 g/mol. The van der Waals surface area contributed by atoms with Crippen LogP contribution in [-0.4, -0.2) is 30.9 Å². The molecule has 4 N–H and O–H groups in total. The van der Waals surface area contributed by atoms with Crippen LogP contribution in [0.4, 0.5) is 5.69 Å². The molecule has 3 amide bonds. The van der Waals surface area contributed by atoms with Crippen LogP contribution in [0.2, 0.25) is 5.02 Å². The second-order valence-electron chi connectivity index (χ2n) is 6.57. The summed E-state index contributed by atoms with van der Waals surface area (Å²) in [6, 6.07) is 21.3. The second-order valence-corrected chi connectivity index (χ2v) is 6.98. The number of halogens is 1. The second kappa shape index (κ2) is 10.3. The van der Waals surface area contributed by atoms with Gasteiger partial charge >= 0.3 is 0 Å². The molecule has 0 bridgehead atoms. The molecule has 0 aliphatic heterocycles. The van der Waals surface area contributed by atoms with Crippen LogP contribution in [0.1, 0.15) is 10.4 Å². The van der Waals surface area contributed by atoms with Crippen LogP contribution in [0.25, 0.3) is 11.1 Å². The first-order valence-electron chi connectivity index (χ1n) is 9.36. The Morgan fingerprint density at radius 3 is 2.26 bits per heavy atom. The van der Waals surface area contributed by atoms with Crippen molar-refractivity contribution in [2.75, 3.05) is 18.5 Å². The highest BCUT2D eigenvalue weighted by molar-refractivity contribution is 6.32. The molecule has 0 fully saturated rings. The minimum atomic E-state index is -0.632. The van der Waals surface area contributed by atoms with E-state index in [1.165, 1.54) is 12.1 Å². The largest absolute Gasteiger partial charge is 0.482 e. The van der Waals surface area contributed by atoms with Gasteiger partial charge in [-0.15, -0.1) is 0 Å². The summed E-state index contributed by atoms with van der Waals surface area (Å²) in [5, 5.41) is 5.46. The van der Waals surface area contributed by atoms with Gasteiger partial charge in [-0.05, 0) is 47.5 Å². The quantitative estimate of drug-likeness (QED) is 0.502. The zero-order valence-electron chi connectivity index (χ0n) is 16.4. The first kappa shape index (κ1) is 21.9. The number of hydrogen-bond acceptors (Lipinski definition) is 4. The molecule has 0 radical (unpaired) electrons. The van der Waals surface area contributed by atoms with E-state index in [9.17, 15) is 14.4 Å². The van der Waals surface area contributed by atoms with Gasteiger partial charge in [-0.2, -0.15) is 0 Å². The van der Waals surface area contributed by atoms with E-state index in [0.29, 0.717) is 22.0 Å². The molecule has 0 aliphatic carbocycles. The van der Waals surface area contributed by atoms with Crippen LogP contribution < -0.4 is 21.1 Å². The van der Waals surface area contributed by atoms with Crippen molar-refractivity contribution in [1.82, 2.24) is 5.32 Å². The van der Waals surface area contributed by atoms with Gasteiger partial charge in [0.15, 0.2) is 6.61 Å². The molecule has 7 nitrogen and oxygen atoms in total. The normalized spacial score (nSPS) is 10.2. The van der Waals surface area contributed by atoms with Gasteiger partial charge in [0.2, 0.25) is 5.91 Å². The smallest absolute Gasteiger partial charge is 0.262 e. The Bertz CT molecular complexity index is 1090. The van der Waals surface area contributed by atoms with Gasteiger partial charge in [-0.25, -0.2) is 0 Å².